The Morgan fingerprint density at radius 1 is 0.545 bits per heavy atom. The second kappa shape index (κ2) is 8.59. The van der Waals surface area contributed by atoms with Gasteiger partial charge in [-0.3, -0.25) is 0 Å². The highest BCUT2D eigenvalue weighted by Gasteiger charge is 2.12. The molecule has 0 atom stereocenters. The third-order valence-electron chi connectivity index (χ3n) is 7.17. The molecule has 2 heteroatoms. The number of rotatable bonds is 8. The van der Waals surface area contributed by atoms with Gasteiger partial charge in [-0.15, -0.1) is 0 Å². The molecule has 0 unspecified atom stereocenters. The molecule has 0 spiro atoms. The van der Waals surface area contributed by atoms with E-state index in [4.69, 9.17) is 8.83 Å². The van der Waals surface area contributed by atoms with E-state index in [1.165, 1.54) is 82.6 Å². The number of furan rings is 2. The second-order valence-corrected chi connectivity index (χ2v) is 9.39. The van der Waals surface area contributed by atoms with Crippen molar-refractivity contribution in [2.75, 3.05) is 0 Å². The molecule has 33 heavy (non-hydrogen) atoms. The van der Waals surface area contributed by atoms with Crippen LogP contribution in [-0.4, -0.2) is 0 Å². The maximum atomic E-state index is 6.40. The van der Waals surface area contributed by atoms with Crippen LogP contribution < -0.4 is 0 Å². The van der Waals surface area contributed by atoms with Crippen LogP contribution in [0, 0.1) is 0 Å². The number of benzene rings is 4. The molecule has 0 bridgehead atoms. The molecule has 166 valence electrons. The van der Waals surface area contributed by atoms with Crippen LogP contribution >= 0.6 is 0 Å². The summed E-state index contributed by atoms with van der Waals surface area (Å²) in [5, 5.41) is 9.72. The van der Waals surface area contributed by atoms with E-state index in [-0.39, 0.29) is 0 Å². The Hall–Kier alpha value is -3.26. The molecule has 4 aromatic carbocycles. The molecule has 6 rings (SSSR count). The lowest BCUT2D eigenvalue weighted by Crippen LogP contribution is -1.84. The SMILES string of the molecule is CCCCCCCCCc1cc2ccc3c4ccc5c(ccc6ccoc65)c4ccc3c2o1. The Bertz CT molecular complexity index is 1580. The summed E-state index contributed by atoms with van der Waals surface area (Å²) in [6, 6.07) is 22.0. The Morgan fingerprint density at radius 3 is 1.88 bits per heavy atom. The minimum atomic E-state index is 0.964. The summed E-state index contributed by atoms with van der Waals surface area (Å²) in [6.07, 6.45) is 12.1. The second-order valence-electron chi connectivity index (χ2n) is 9.39. The van der Waals surface area contributed by atoms with Crippen molar-refractivity contribution < 1.29 is 8.83 Å². The largest absolute Gasteiger partial charge is 0.464 e. The molecule has 2 aromatic heterocycles. The molecular formula is C31H30O2. The van der Waals surface area contributed by atoms with E-state index >= 15 is 0 Å². The third kappa shape index (κ3) is 3.58. The van der Waals surface area contributed by atoms with Crippen LogP contribution in [0.4, 0.5) is 0 Å². The van der Waals surface area contributed by atoms with Gasteiger partial charge in [0, 0.05) is 28.0 Å². The van der Waals surface area contributed by atoms with Crippen LogP contribution in [0.25, 0.3) is 54.3 Å². The zero-order chi connectivity index (χ0) is 22.2. The van der Waals surface area contributed by atoms with Crippen LogP contribution in [0.5, 0.6) is 0 Å². The average molecular weight is 435 g/mol. The molecule has 0 fully saturated rings. The molecular weight excluding hydrogens is 404 g/mol. The van der Waals surface area contributed by atoms with Crippen molar-refractivity contribution in [2.24, 2.45) is 0 Å². The van der Waals surface area contributed by atoms with Gasteiger partial charge in [0.05, 0.1) is 6.26 Å². The summed E-state index contributed by atoms with van der Waals surface area (Å²) < 4.78 is 12.2. The summed E-state index contributed by atoms with van der Waals surface area (Å²) in [7, 11) is 0. The summed E-state index contributed by atoms with van der Waals surface area (Å²) in [5.41, 5.74) is 1.99. The van der Waals surface area contributed by atoms with Gasteiger partial charge in [0.2, 0.25) is 0 Å². The van der Waals surface area contributed by atoms with Gasteiger partial charge in [-0.2, -0.15) is 0 Å². The normalized spacial score (nSPS) is 12.2. The van der Waals surface area contributed by atoms with Crippen LogP contribution in [0.1, 0.15) is 57.6 Å². The van der Waals surface area contributed by atoms with Crippen molar-refractivity contribution in [1.82, 2.24) is 0 Å². The highest BCUT2D eigenvalue weighted by atomic mass is 16.3. The highest BCUT2D eigenvalue weighted by molar-refractivity contribution is 6.23. The molecule has 0 aliphatic rings. The lowest BCUT2D eigenvalue weighted by molar-refractivity contribution is 0.521. The van der Waals surface area contributed by atoms with Gasteiger partial charge < -0.3 is 8.83 Å². The monoisotopic (exact) mass is 434 g/mol. The molecule has 0 amide bonds. The van der Waals surface area contributed by atoms with Gasteiger partial charge in [-0.05, 0) is 52.2 Å². The maximum absolute atomic E-state index is 6.40. The van der Waals surface area contributed by atoms with Gasteiger partial charge in [0.25, 0.3) is 0 Å². The standard InChI is InChI=1S/C31H30O2/c1-2-3-4-5-6-7-8-9-23-20-22-11-13-27-25-14-16-28-26(12-10-21-18-19-32-30(21)28)24(25)15-17-29(27)31(22)33-23/h10-20H,2-9H2,1H3. The third-order valence-corrected chi connectivity index (χ3v) is 7.17. The topological polar surface area (TPSA) is 26.3 Å². The minimum absolute atomic E-state index is 0.964. The van der Waals surface area contributed by atoms with Crippen LogP contribution in [0.3, 0.4) is 0 Å². The molecule has 0 radical (unpaired) electrons. The molecule has 0 saturated carbocycles. The number of aryl methyl sites for hydroxylation is 1. The summed E-state index contributed by atoms with van der Waals surface area (Å²) in [4.78, 5) is 0. The Labute approximate surface area is 194 Å². The van der Waals surface area contributed by atoms with E-state index in [9.17, 15) is 0 Å². The zero-order valence-corrected chi connectivity index (χ0v) is 19.3. The van der Waals surface area contributed by atoms with E-state index in [0.717, 1.165) is 28.7 Å². The van der Waals surface area contributed by atoms with Gasteiger partial charge in [0.1, 0.15) is 16.9 Å². The van der Waals surface area contributed by atoms with Gasteiger partial charge in [-0.25, -0.2) is 0 Å². The fourth-order valence-corrected chi connectivity index (χ4v) is 5.40. The smallest absolute Gasteiger partial charge is 0.142 e. The Balaban J connectivity index is 1.34. The lowest BCUT2D eigenvalue weighted by Gasteiger charge is -2.08. The van der Waals surface area contributed by atoms with Gasteiger partial charge in [0.15, 0.2) is 0 Å². The Morgan fingerprint density at radius 2 is 1.12 bits per heavy atom. The first-order chi connectivity index (χ1) is 16.3. The van der Waals surface area contributed by atoms with Gasteiger partial charge >= 0.3 is 0 Å². The molecule has 0 aliphatic heterocycles. The maximum Gasteiger partial charge on any atom is 0.142 e. The average Bonchev–Trinajstić information content (AvgIpc) is 3.49. The molecule has 2 heterocycles. The number of hydrogen-bond acceptors (Lipinski definition) is 2. The summed E-state index contributed by atoms with van der Waals surface area (Å²) >= 11 is 0. The number of hydrogen-bond donors (Lipinski definition) is 0. The van der Waals surface area contributed by atoms with Gasteiger partial charge in [-0.1, -0.05) is 81.8 Å². The Kier molecular flexibility index (Phi) is 5.30. The predicted octanol–water partition coefficient (Wildman–Crippen LogP) is 9.93. The van der Waals surface area contributed by atoms with Crippen molar-refractivity contribution in [3.05, 3.63) is 72.7 Å². The molecule has 6 aromatic rings. The van der Waals surface area contributed by atoms with Crippen LogP contribution in [0.15, 0.2) is 75.8 Å². The minimum Gasteiger partial charge on any atom is -0.464 e. The summed E-state index contributed by atoms with van der Waals surface area (Å²) in [5.74, 6) is 1.12. The molecule has 0 saturated heterocycles. The number of unbranched alkanes of at least 4 members (excludes halogenated alkanes) is 6. The first kappa shape index (κ1) is 20.4. The fraction of sp³-hybridized carbons (Fsp3) is 0.290. The van der Waals surface area contributed by atoms with E-state index in [1.807, 2.05) is 6.07 Å². The fourth-order valence-electron chi connectivity index (χ4n) is 5.40. The van der Waals surface area contributed by atoms with Crippen molar-refractivity contribution in [2.45, 2.75) is 58.3 Å². The van der Waals surface area contributed by atoms with E-state index in [1.54, 1.807) is 6.26 Å². The zero-order valence-electron chi connectivity index (χ0n) is 19.3. The first-order valence-corrected chi connectivity index (χ1v) is 12.5. The van der Waals surface area contributed by atoms with Crippen LogP contribution in [0.2, 0.25) is 0 Å². The lowest BCUT2D eigenvalue weighted by atomic mass is 9.95. The van der Waals surface area contributed by atoms with Crippen molar-refractivity contribution >= 4 is 54.3 Å². The molecule has 0 N–H and O–H groups in total. The molecule has 0 aliphatic carbocycles. The van der Waals surface area contributed by atoms with Crippen molar-refractivity contribution in [1.29, 1.82) is 0 Å². The van der Waals surface area contributed by atoms with Crippen molar-refractivity contribution in [3.63, 3.8) is 0 Å². The van der Waals surface area contributed by atoms with Crippen molar-refractivity contribution in [3.8, 4) is 0 Å². The van der Waals surface area contributed by atoms with E-state index in [2.05, 4.69) is 61.5 Å². The van der Waals surface area contributed by atoms with E-state index < -0.39 is 0 Å². The van der Waals surface area contributed by atoms with E-state index in [0.29, 0.717) is 0 Å². The van der Waals surface area contributed by atoms with Crippen LogP contribution in [-0.2, 0) is 6.42 Å². The molecule has 2 nitrogen and oxygen atoms in total. The quantitative estimate of drug-likeness (QED) is 0.176. The first-order valence-electron chi connectivity index (χ1n) is 12.5. The number of fused-ring (bicyclic) bond motifs is 9. The highest BCUT2D eigenvalue weighted by Crippen LogP contribution is 2.37. The summed E-state index contributed by atoms with van der Waals surface area (Å²) in [6.45, 7) is 2.27. The predicted molar refractivity (Wildman–Crippen MR) is 140 cm³/mol.